The maximum Gasteiger partial charge on any atom is 0.262 e. The van der Waals surface area contributed by atoms with Gasteiger partial charge in [-0.1, -0.05) is 24.3 Å². The highest BCUT2D eigenvalue weighted by Gasteiger charge is 2.42. The Kier molecular flexibility index (Phi) is 8.06. The second-order valence-electron chi connectivity index (χ2n) is 10.4. The maximum absolute atomic E-state index is 12.5. The minimum atomic E-state index is -0.235. The number of hydrogen-bond acceptors (Lipinski definition) is 5. The number of rotatable bonds is 9. The van der Waals surface area contributed by atoms with Crippen molar-refractivity contribution in [1.29, 1.82) is 0 Å². The van der Waals surface area contributed by atoms with Gasteiger partial charge in [0.25, 0.3) is 5.91 Å². The molecule has 2 aromatic heterocycles. The van der Waals surface area contributed by atoms with Gasteiger partial charge in [0.1, 0.15) is 11.8 Å². The number of thiocarbonyl (C=S) groups is 1. The Bertz CT molecular complexity index is 1690. The predicted molar refractivity (Wildman–Crippen MR) is 175 cm³/mol. The summed E-state index contributed by atoms with van der Waals surface area (Å²) in [5.41, 5.74) is 5.72. The number of aromatic nitrogens is 2. The lowest BCUT2D eigenvalue weighted by Crippen LogP contribution is -2.30. The van der Waals surface area contributed by atoms with Crippen molar-refractivity contribution in [1.82, 2.24) is 14.9 Å². The molecule has 0 bridgehead atoms. The van der Waals surface area contributed by atoms with Crippen LogP contribution in [-0.4, -0.2) is 41.3 Å². The second kappa shape index (κ2) is 12.4. The molecule has 6 rings (SSSR count). The van der Waals surface area contributed by atoms with Crippen LogP contribution in [0.3, 0.4) is 0 Å². The van der Waals surface area contributed by atoms with Crippen molar-refractivity contribution in [3.63, 3.8) is 0 Å². The van der Waals surface area contributed by atoms with Crippen LogP contribution in [0.15, 0.2) is 122 Å². The van der Waals surface area contributed by atoms with E-state index in [0.717, 1.165) is 28.5 Å². The number of nitrogens with one attached hydrogen (secondary N) is 2. The Morgan fingerprint density at radius 2 is 1.63 bits per heavy atom. The number of nitrogens with zero attached hydrogens (tertiary/aromatic N) is 4. The van der Waals surface area contributed by atoms with Crippen LogP contribution in [0.5, 0.6) is 5.75 Å². The lowest BCUT2D eigenvalue weighted by Gasteiger charge is -2.29. The van der Waals surface area contributed by atoms with Gasteiger partial charge in [-0.05, 0) is 97.1 Å². The van der Waals surface area contributed by atoms with Crippen LogP contribution in [0.1, 0.15) is 23.5 Å². The summed E-state index contributed by atoms with van der Waals surface area (Å²) in [7, 11) is 4.07. The van der Waals surface area contributed by atoms with Crippen LogP contribution in [-0.2, 0) is 4.79 Å². The third-order valence-corrected chi connectivity index (χ3v) is 7.68. The van der Waals surface area contributed by atoms with E-state index >= 15 is 0 Å². The van der Waals surface area contributed by atoms with E-state index in [1.54, 1.807) is 6.20 Å². The number of carbonyl (C=O) groups is 1. The number of pyridine rings is 1. The molecule has 0 saturated carbocycles. The summed E-state index contributed by atoms with van der Waals surface area (Å²) in [5.74, 6) is 0.413. The van der Waals surface area contributed by atoms with Crippen LogP contribution in [0, 0.1) is 0 Å². The van der Waals surface area contributed by atoms with Crippen molar-refractivity contribution in [2.45, 2.75) is 12.1 Å². The fourth-order valence-corrected chi connectivity index (χ4v) is 5.63. The zero-order chi connectivity index (χ0) is 29.8. The summed E-state index contributed by atoms with van der Waals surface area (Å²) in [5, 5.41) is 7.04. The standard InChI is InChI=1S/C34H32N6O2S/c1-38(2)25-17-19-26(20-18-25)39-22-8-12-30(39)33-32(29-11-6-7-21-35-29)37-34(43)40(33)27-15-13-24(14-16-27)36-31(41)23-42-28-9-4-3-5-10-28/h3-22,32-33H,23H2,1-2H3,(H,36,41)(H,37,43)/t32-,33-/m1/s1. The molecule has 1 fully saturated rings. The van der Waals surface area contributed by atoms with Crippen LogP contribution in [0.4, 0.5) is 17.1 Å². The summed E-state index contributed by atoms with van der Waals surface area (Å²) in [6.07, 6.45) is 3.88. The number of carbonyl (C=O) groups excluding carboxylic acids is 1. The topological polar surface area (TPSA) is 74.7 Å². The first-order chi connectivity index (χ1) is 21.0. The number of benzene rings is 3. The molecule has 0 aliphatic carbocycles. The first-order valence-electron chi connectivity index (χ1n) is 14.0. The highest BCUT2D eigenvalue weighted by atomic mass is 32.1. The van der Waals surface area contributed by atoms with E-state index in [2.05, 4.69) is 72.6 Å². The van der Waals surface area contributed by atoms with Gasteiger partial charge in [0.05, 0.1) is 11.7 Å². The largest absolute Gasteiger partial charge is 0.484 e. The van der Waals surface area contributed by atoms with Crippen LogP contribution in [0.25, 0.3) is 5.69 Å². The summed E-state index contributed by atoms with van der Waals surface area (Å²) >= 11 is 5.93. The van der Waals surface area contributed by atoms with Crippen LogP contribution >= 0.6 is 12.2 Å². The molecule has 5 aromatic rings. The molecular formula is C34H32N6O2S. The van der Waals surface area contributed by atoms with Gasteiger partial charge in [-0.2, -0.15) is 0 Å². The fraction of sp³-hybridized carbons (Fsp3) is 0.147. The zero-order valence-electron chi connectivity index (χ0n) is 23.9. The van der Waals surface area contributed by atoms with Gasteiger partial charge >= 0.3 is 0 Å². The molecule has 3 aromatic carbocycles. The number of anilines is 3. The van der Waals surface area contributed by atoms with Gasteiger partial charge in [-0.3, -0.25) is 9.78 Å². The number of hydrogen-bond donors (Lipinski definition) is 2. The van der Waals surface area contributed by atoms with Crippen molar-refractivity contribution < 1.29 is 9.53 Å². The van der Waals surface area contributed by atoms with Crippen molar-refractivity contribution in [2.75, 3.05) is 35.8 Å². The minimum Gasteiger partial charge on any atom is -0.484 e. The van der Waals surface area contributed by atoms with E-state index in [0.29, 0.717) is 16.5 Å². The van der Waals surface area contributed by atoms with Gasteiger partial charge in [0.2, 0.25) is 0 Å². The summed E-state index contributed by atoms with van der Waals surface area (Å²) in [6.45, 7) is -0.0771. The van der Waals surface area contributed by atoms with E-state index in [-0.39, 0.29) is 24.6 Å². The molecule has 216 valence electrons. The molecule has 2 N–H and O–H groups in total. The summed E-state index contributed by atoms with van der Waals surface area (Å²) in [4.78, 5) is 21.4. The average Bonchev–Trinajstić information content (AvgIpc) is 3.66. The Labute approximate surface area is 256 Å². The Morgan fingerprint density at radius 3 is 2.33 bits per heavy atom. The first kappa shape index (κ1) is 28.0. The molecule has 9 heteroatoms. The van der Waals surface area contributed by atoms with Gasteiger partial charge in [0.15, 0.2) is 11.7 Å². The Balaban J connectivity index is 1.28. The normalized spacial score (nSPS) is 16.0. The van der Waals surface area contributed by atoms with Crippen molar-refractivity contribution in [2.24, 2.45) is 0 Å². The molecule has 43 heavy (non-hydrogen) atoms. The van der Waals surface area contributed by atoms with Crippen LogP contribution in [0.2, 0.25) is 0 Å². The third kappa shape index (κ3) is 6.07. The van der Waals surface area contributed by atoms with E-state index in [4.69, 9.17) is 17.0 Å². The average molecular weight is 589 g/mol. The van der Waals surface area contributed by atoms with Gasteiger partial charge in [-0.25, -0.2) is 0 Å². The molecule has 2 atom stereocenters. The Morgan fingerprint density at radius 1 is 0.907 bits per heavy atom. The fourth-order valence-electron chi connectivity index (χ4n) is 5.28. The number of para-hydroxylation sites is 1. The van der Waals surface area contributed by atoms with Gasteiger partial charge < -0.3 is 29.7 Å². The van der Waals surface area contributed by atoms with Gasteiger partial charge in [0, 0.05) is 54.9 Å². The first-order valence-corrected chi connectivity index (χ1v) is 14.4. The van der Waals surface area contributed by atoms with Crippen LogP contribution < -0.4 is 25.2 Å². The molecular weight excluding hydrogens is 556 g/mol. The highest BCUT2D eigenvalue weighted by molar-refractivity contribution is 7.80. The Hall–Kier alpha value is -5.15. The molecule has 1 aliphatic heterocycles. The molecule has 0 unspecified atom stereocenters. The maximum atomic E-state index is 12.5. The zero-order valence-corrected chi connectivity index (χ0v) is 24.7. The van der Waals surface area contributed by atoms with Crippen molar-refractivity contribution in [3.05, 3.63) is 133 Å². The number of amides is 1. The highest BCUT2D eigenvalue weighted by Crippen LogP contribution is 2.42. The molecule has 0 spiro atoms. The SMILES string of the molecule is CN(C)c1ccc(-n2cccc2[C@@H]2[C@@H](c3ccccn3)NC(=S)N2c2ccc(NC(=O)COc3ccccc3)cc2)cc1. The lowest BCUT2D eigenvalue weighted by molar-refractivity contribution is -0.118. The molecule has 8 nitrogen and oxygen atoms in total. The van der Waals surface area contributed by atoms with Crippen molar-refractivity contribution in [3.8, 4) is 11.4 Å². The van der Waals surface area contributed by atoms with E-state index in [1.165, 1.54) is 0 Å². The summed E-state index contributed by atoms with van der Waals surface area (Å²) < 4.78 is 7.78. The minimum absolute atomic E-state index is 0.0771. The quantitative estimate of drug-likeness (QED) is 0.201. The van der Waals surface area contributed by atoms with E-state index < -0.39 is 0 Å². The molecule has 0 radical (unpaired) electrons. The smallest absolute Gasteiger partial charge is 0.262 e. The molecule has 1 aliphatic rings. The molecule has 1 amide bonds. The predicted octanol–water partition coefficient (Wildman–Crippen LogP) is 6.13. The summed E-state index contributed by atoms with van der Waals surface area (Å²) in [6, 6.07) is 35.2. The second-order valence-corrected chi connectivity index (χ2v) is 10.8. The van der Waals surface area contributed by atoms with Gasteiger partial charge in [-0.15, -0.1) is 0 Å². The lowest BCUT2D eigenvalue weighted by atomic mass is 10.0. The monoisotopic (exact) mass is 588 g/mol. The van der Waals surface area contributed by atoms with E-state index in [1.807, 2.05) is 86.9 Å². The third-order valence-electron chi connectivity index (χ3n) is 7.37. The molecule has 3 heterocycles. The van der Waals surface area contributed by atoms with Crippen molar-refractivity contribution >= 4 is 40.3 Å². The molecule has 1 saturated heterocycles. The van der Waals surface area contributed by atoms with E-state index in [9.17, 15) is 4.79 Å². The number of ether oxygens (including phenoxy) is 1.